The average Bonchev–Trinajstić information content (AvgIpc) is 3.63. The van der Waals surface area contributed by atoms with Crippen molar-refractivity contribution >= 4 is 39.6 Å². The molecule has 1 spiro atoms. The highest BCUT2D eigenvalue weighted by atomic mass is 79.9. The number of carbonyl (C=O) groups excluding carboxylic acids is 4. The molecule has 3 saturated heterocycles. The number of likely N-dealkylation sites (N-methyl/N-ethyl adjacent to an activating group) is 1. The van der Waals surface area contributed by atoms with Gasteiger partial charge in [-0.05, 0) is 52.0 Å². The quantitative estimate of drug-likeness (QED) is 0.120. The number of hydrogen-bond donors (Lipinski definition) is 1. The normalized spacial score (nSPS) is 27.7. The summed E-state index contributed by atoms with van der Waals surface area (Å²) in [6.07, 6.45) is 4.01. The SMILES string of the molecule is C=CCCC(=O)N(C)[C@@H](C)[C@@H](OC(=O)[C@@H]1[C@H]2O[C@@]3(CC2Br)[C@H](C(=O)N(CC=C)C(C)C)N(CCCCO)C(=O)[C@@H]13)c1ccccc1. The molecule has 8 atom stereocenters. The van der Waals surface area contributed by atoms with Crippen molar-refractivity contribution in [3.8, 4) is 0 Å². The van der Waals surface area contributed by atoms with Crippen molar-refractivity contribution in [2.45, 2.75) is 93.6 Å². The van der Waals surface area contributed by atoms with Gasteiger partial charge in [0.1, 0.15) is 17.7 Å². The van der Waals surface area contributed by atoms with E-state index < -0.39 is 47.7 Å². The van der Waals surface area contributed by atoms with Crippen LogP contribution in [0.3, 0.4) is 0 Å². The Kier molecular flexibility index (Phi) is 11.9. The van der Waals surface area contributed by atoms with E-state index >= 15 is 0 Å². The lowest BCUT2D eigenvalue weighted by Gasteiger charge is -2.38. The van der Waals surface area contributed by atoms with Gasteiger partial charge in [-0.1, -0.05) is 58.4 Å². The third-order valence-electron chi connectivity index (χ3n) is 9.71. The van der Waals surface area contributed by atoms with Gasteiger partial charge in [-0.15, -0.1) is 13.2 Å². The largest absolute Gasteiger partial charge is 0.455 e. The van der Waals surface area contributed by atoms with Gasteiger partial charge in [0.05, 0.1) is 24.0 Å². The highest BCUT2D eigenvalue weighted by Gasteiger charge is 2.77. The van der Waals surface area contributed by atoms with E-state index in [2.05, 4.69) is 29.1 Å². The molecule has 0 aromatic heterocycles. The summed E-state index contributed by atoms with van der Waals surface area (Å²) in [6, 6.07) is 7.64. The summed E-state index contributed by atoms with van der Waals surface area (Å²) in [5, 5.41) is 9.45. The maximum absolute atomic E-state index is 14.4. The maximum Gasteiger partial charge on any atom is 0.313 e. The molecule has 3 heterocycles. The number of esters is 1. The van der Waals surface area contributed by atoms with Crippen molar-refractivity contribution in [3.05, 3.63) is 61.2 Å². The van der Waals surface area contributed by atoms with Crippen LogP contribution in [0, 0.1) is 11.8 Å². The minimum atomic E-state index is -1.23. The Bertz CT molecular complexity index is 1290. The highest BCUT2D eigenvalue weighted by Crippen LogP contribution is 2.60. The Morgan fingerprint density at radius 2 is 1.87 bits per heavy atom. The molecular formula is C35H48BrN3O7. The predicted molar refractivity (Wildman–Crippen MR) is 178 cm³/mol. The van der Waals surface area contributed by atoms with Gasteiger partial charge in [0.2, 0.25) is 17.7 Å². The lowest BCUT2D eigenvalue weighted by atomic mass is 9.70. The van der Waals surface area contributed by atoms with Crippen LogP contribution in [-0.2, 0) is 28.7 Å². The molecule has 1 N–H and O–H groups in total. The van der Waals surface area contributed by atoms with Crippen LogP contribution in [0.25, 0.3) is 0 Å². The molecule has 1 aromatic rings. The van der Waals surface area contributed by atoms with Crippen LogP contribution in [0.15, 0.2) is 55.6 Å². The van der Waals surface area contributed by atoms with E-state index in [0.717, 1.165) is 0 Å². The predicted octanol–water partition coefficient (Wildman–Crippen LogP) is 4.03. The van der Waals surface area contributed by atoms with E-state index in [0.29, 0.717) is 37.8 Å². The Morgan fingerprint density at radius 1 is 1.17 bits per heavy atom. The monoisotopic (exact) mass is 701 g/mol. The van der Waals surface area contributed by atoms with Crippen LogP contribution >= 0.6 is 15.9 Å². The van der Waals surface area contributed by atoms with Crippen molar-refractivity contribution in [1.29, 1.82) is 0 Å². The van der Waals surface area contributed by atoms with Crippen LogP contribution in [0.4, 0.5) is 0 Å². The van der Waals surface area contributed by atoms with E-state index in [1.807, 2.05) is 51.1 Å². The van der Waals surface area contributed by atoms with Crippen molar-refractivity contribution in [2.75, 3.05) is 26.7 Å². The molecule has 4 rings (SSSR count). The Morgan fingerprint density at radius 3 is 2.48 bits per heavy atom. The van der Waals surface area contributed by atoms with Gasteiger partial charge in [0, 0.05) is 44.0 Å². The fraction of sp³-hybridized carbons (Fsp3) is 0.600. The molecule has 3 aliphatic rings. The van der Waals surface area contributed by atoms with Crippen molar-refractivity contribution in [3.63, 3.8) is 0 Å². The van der Waals surface area contributed by atoms with E-state index in [-0.39, 0.29) is 48.2 Å². The molecule has 10 nitrogen and oxygen atoms in total. The van der Waals surface area contributed by atoms with Gasteiger partial charge in [-0.25, -0.2) is 0 Å². The number of aliphatic hydroxyl groups is 1. The van der Waals surface area contributed by atoms with Crippen LogP contribution in [0.1, 0.15) is 64.5 Å². The Labute approximate surface area is 280 Å². The lowest BCUT2D eigenvalue weighted by Crippen LogP contribution is -2.58. The number of aliphatic hydroxyl groups excluding tert-OH is 1. The van der Waals surface area contributed by atoms with Crippen LogP contribution in [0.5, 0.6) is 0 Å². The molecule has 0 radical (unpaired) electrons. The summed E-state index contributed by atoms with van der Waals surface area (Å²) in [5.41, 5.74) is -0.510. The molecule has 3 amide bonds. The zero-order valence-electron chi connectivity index (χ0n) is 27.3. The standard InChI is InChI=1S/C35H48BrN3O7/c1-7-9-17-26(41)37(6)23(5)29(24-15-11-10-12-16-24)45-34(44)27-28-32(42)39(19-13-14-20-40)31(33(43)38(18-8-2)22(3)4)35(28)21-25(36)30(27)46-35/h7-8,10-12,15-16,22-23,25,27-31,40H,1-2,9,13-14,17-21H2,3-6H3/t23-,25?,27-,28+,29+,30-,31-,35+/m0/s1. The van der Waals surface area contributed by atoms with Crippen molar-refractivity contribution < 1.29 is 33.8 Å². The number of rotatable bonds is 16. The first-order valence-corrected chi connectivity index (χ1v) is 17.1. The van der Waals surface area contributed by atoms with Crippen molar-refractivity contribution in [2.24, 2.45) is 11.8 Å². The lowest BCUT2D eigenvalue weighted by molar-refractivity contribution is -0.164. The maximum atomic E-state index is 14.4. The fourth-order valence-electron chi connectivity index (χ4n) is 7.29. The number of alkyl halides is 1. The summed E-state index contributed by atoms with van der Waals surface area (Å²) in [5.74, 6) is -3.15. The molecule has 0 aliphatic carbocycles. The number of carbonyl (C=O) groups is 4. The third kappa shape index (κ3) is 6.69. The molecule has 0 saturated carbocycles. The van der Waals surface area contributed by atoms with Gasteiger partial charge in [0.25, 0.3) is 0 Å². The second-order valence-corrected chi connectivity index (χ2v) is 14.0. The summed E-state index contributed by atoms with van der Waals surface area (Å²) in [7, 11) is 1.69. The van der Waals surface area contributed by atoms with Crippen LogP contribution in [0.2, 0.25) is 0 Å². The molecular weight excluding hydrogens is 654 g/mol. The topological polar surface area (TPSA) is 117 Å². The summed E-state index contributed by atoms with van der Waals surface area (Å²) in [6.45, 7) is 13.7. The number of nitrogens with zero attached hydrogens (tertiary/aromatic N) is 3. The van der Waals surface area contributed by atoms with Gasteiger partial charge in [0.15, 0.2) is 0 Å². The minimum absolute atomic E-state index is 0.0373. The summed E-state index contributed by atoms with van der Waals surface area (Å²) < 4.78 is 12.9. The first kappa shape index (κ1) is 35.8. The van der Waals surface area contributed by atoms with Crippen LogP contribution in [-0.4, -0.2) is 105 Å². The molecule has 1 aromatic carbocycles. The highest BCUT2D eigenvalue weighted by molar-refractivity contribution is 9.09. The average molecular weight is 703 g/mol. The molecule has 1 unspecified atom stereocenters. The molecule has 252 valence electrons. The molecule has 3 aliphatic heterocycles. The second kappa shape index (κ2) is 15.3. The van der Waals surface area contributed by atoms with Crippen LogP contribution < -0.4 is 0 Å². The zero-order valence-corrected chi connectivity index (χ0v) is 28.9. The van der Waals surface area contributed by atoms with Gasteiger partial charge >= 0.3 is 5.97 Å². The number of hydrogen-bond acceptors (Lipinski definition) is 7. The molecule has 2 bridgehead atoms. The van der Waals surface area contributed by atoms with E-state index in [1.54, 1.807) is 33.9 Å². The fourth-order valence-corrected chi connectivity index (χ4v) is 8.23. The second-order valence-electron chi connectivity index (χ2n) is 12.8. The summed E-state index contributed by atoms with van der Waals surface area (Å²) >= 11 is 3.72. The van der Waals surface area contributed by atoms with E-state index in [4.69, 9.17) is 9.47 Å². The smallest absolute Gasteiger partial charge is 0.313 e. The number of ether oxygens (including phenoxy) is 2. The van der Waals surface area contributed by atoms with Crippen molar-refractivity contribution in [1.82, 2.24) is 14.7 Å². The first-order chi connectivity index (χ1) is 21.9. The number of likely N-dealkylation sites (tertiary alicyclic amines) is 1. The number of amides is 3. The molecule has 11 heteroatoms. The Hall–Kier alpha value is -3.02. The zero-order chi connectivity index (χ0) is 33.8. The number of fused-ring (bicyclic) bond motifs is 1. The molecule has 46 heavy (non-hydrogen) atoms. The third-order valence-corrected chi connectivity index (χ3v) is 10.6. The minimum Gasteiger partial charge on any atom is -0.455 e. The number of halogens is 1. The van der Waals surface area contributed by atoms with Gasteiger partial charge < -0.3 is 29.3 Å². The first-order valence-electron chi connectivity index (χ1n) is 16.2. The number of unbranched alkanes of at least 4 members (excludes halogenated alkanes) is 1. The van der Waals surface area contributed by atoms with Gasteiger partial charge in [-0.3, -0.25) is 19.2 Å². The van der Waals surface area contributed by atoms with Gasteiger partial charge in [-0.2, -0.15) is 0 Å². The number of allylic oxidation sites excluding steroid dienone is 1. The van der Waals surface area contributed by atoms with E-state index in [9.17, 15) is 24.3 Å². The van der Waals surface area contributed by atoms with E-state index in [1.165, 1.54) is 0 Å². The summed E-state index contributed by atoms with van der Waals surface area (Å²) in [4.78, 5) is 60.5. The number of benzene rings is 1. The molecule has 3 fully saturated rings. The Balaban J connectivity index is 1.70.